The summed E-state index contributed by atoms with van der Waals surface area (Å²) in [7, 11) is 0. The fraction of sp³-hybridized carbons (Fsp3) is 0.400. The first kappa shape index (κ1) is 13.8. The summed E-state index contributed by atoms with van der Waals surface area (Å²) in [5.41, 5.74) is 7.01. The molecule has 2 rings (SSSR count). The Morgan fingerprint density at radius 2 is 2.00 bits per heavy atom. The van der Waals surface area contributed by atoms with Crippen molar-refractivity contribution in [3.63, 3.8) is 0 Å². The molecule has 0 spiro atoms. The second-order valence-corrected chi connectivity index (χ2v) is 5.16. The summed E-state index contributed by atoms with van der Waals surface area (Å²) < 4.78 is 1.91. The van der Waals surface area contributed by atoms with Crippen molar-refractivity contribution in [2.45, 2.75) is 31.9 Å². The second-order valence-electron chi connectivity index (χ2n) is 5.16. The predicted octanol–water partition coefficient (Wildman–Crippen LogP) is 2.04. The first-order valence-electron chi connectivity index (χ1n) is 6.61. The number of hydrogen-bond donors (Lipinski definition) is 2. The minimum atomic E-state index is -0.768. The van der Waals surface area contributed by atoms with Gasteiger partial charge in [0.2, 0.25) is 0 Å². The summed E-state index contributed by atoms with van der Waals surface area (Å²) in [5.74, 6) is 0. The fourth-order valence-electron chi connectivity index (χ4n) is 1.99. The number of nitrogens with zero attached hydrogens (tertiary/aromatic N) is 2. The van der Waals surface area contributed by atoms with Crippen LogP contribution in [0.15, 0.2) is 42.7 Å². The van der Waals surface area contributed by atoms with E-state index in [9.17, 15) is 5.11 Å². The lowest BCUT2D eigenvalue weighted by molar-refractivity contribution is 0.0564. The van der Waals surface area contributed by atoms with Gasteiger partial charge in [-0.1, -0.05) is 30.3 Å². The molecule has 1 aromatic heterocycles. The zero-order chi connectivity index (χ0) is 13.7. The van der Waals surface area contributed by atoms with Crippen LogP contribution >= 0.6 is 0 Å². The normalized spacial score (nSPS) is 14.3. The molecule has 0 aliphatic carbocycles. The molecule has 0 amide bonds. The van der Waals surface area contributed by atoms with Gasteiger partial charge in [-0.2, -0.15) is 5.10 Å². The zero-order valence-corrected chi connectivity index (χ0v) is 11.3. The van der Waals surface area contributed by atoms with Crippen molar-refractivity contribution >= 4 is 0 Å². The smallest absolute Gasteiger partial charge is 0.0742 e. The van der Waals surface area contributed by atoms with E-state index < -0.39 is 5.60 Å². The zero-order valence-electron chi connectivity index (χ0n) is 11.3. The molecule has 1 atom stereocenters. The van der Waals surface area contributed by atoms with E-state index in [0.29, 0.717) is 13.0 Å². The number of aliphatic hydroxyl groups is 1. The Balaban J connectivity index is 1.92. The third kappa shape index (κ3) is 3.91. The Labute approximate surface area is 113 Å². The van der Waals surface area contributed by atoms with Crippen LogP contribution in [0.1, 0.15) is 19.8 Å². The number of aromatic nitrogens is 2. The van der Waals surface area contributed by atoms with E-state index >= 15 is 0 Å². The molecule has 1 aromatic carbocycles. The number of hydrogen-bond acceptors (Lipinski definition) is 3. The van der Waals surface area contributed by atoms with Gasteiger partial charge in [0.25, 0.3) is 0 Å². The van der Waals surface area contributed by atoms with Gasteiger partial charge in [0.1, 0.15) is 0 Å². The predicted molar refractivity (Wildman–Crippen MR) is 76.6 cm³/mol. The van der Waals surface area contributed by atoms with Gasteiger partial charge in [0.05, 0.1) is 11.8 Å². The highest BCUT2D eigenvalue weighted by atomic mass is 16.3. The van der Waals surface area contributed by atoms with Crippen LogP contribution in [0.4, 0.5) is 0 Å². The maximum Gasteiger partial charge on any atom is 0.0742 e. The molecule has 0 saturated carbocycles. The monoisotopic (exact) mass is 259 g/mol. The standard InChI is InChI=1S/C15H21N3O/c1-15(19,12-16)8-5-9-18-11-14(10-17-18)13-6-3-2-4-7-13/h2-4,6-7,10-11,19H,5,8-9,12,16H2,1H3. The quantitative estimate of drug-likeness (QED) is 0.834. The summed E-state index contributed by atoms with van der Waals surface area (Å²) >= 11 is 0. The molecule has 0 radical (unpaired) electrons. The van der Waals surface area contributed by atoms with Crippen LogP contribution in [0.5, 0.6) is 0 Å². The molecule has 2 aromatic rings. The molecule has 0 saturated heterocycles. The van der Waals surface area contributed by atoms with E-state index in [2.05, 4.69) is 17.2 Å². The maximum absolute atomic E-state index is 9.83. The summed E-state index contributed by atoms with van der Waals surface area (Å²) in [6.45, 7) is 2.86. The Kier molecular flexibility index (Phi) is 4.35. The van der Waals surface area contributed by atoms with Crippen LogP contribution in [-0.2, 0) is 6.54 Å². The van der Waals surface area contributed by atoms with Crippen LogP contribution in [0, 0.1) is 0 Å². The van der Waals surface area contributed by atoms with E-state index in [1.165, 1.54) is 5.56 Å². The summed E-state index contributed by atoms with van der Waals surface area (Å²) in [5, 5.41) is 14.2. The molecule has 102 valence electrons. The molecule has 0 fully saturated rings. The Bertz CT molecular complexity index is 505. The number of nitrogens with two attached hydrogens (primary N) is 1. The van der Waals surface area contributed by atoms with Gasteiger partial charge in [-0.15, -0.1) is 0 Å². The topological polar surface area (TPSA) is 64.1 Å². The Morgan fingerprint density at radius 3 is 2.68 bits per heavy atom. The van der Waals surface area contributed by atoms with Gasteiger partial charge < -0.3 is 10.8 Å². The highest BCUT2D eigenvalue weighted by molar-refractivity contribution is 5.61. The van der Waals surface area contributed by atoms with E-state index in [0.717, 1.165) is 18.5 Å². The van der Waals surface area contributed by atoms with Crippen LogP contribution in [0.3, 0.4) is 0 Å². The molecule has 4 nitrogen and oxygen atoms in total. The molecule has 1 heterocycles. The lowest BCUT2D eigenvalue weighted by Crippen LogP contribution is -2.34. The molecular formula is C15H21N3O. The van der Waals surface area contributed by atoms with Gasteiger partial charge in [0, 0.05) is 24.8 Å². The molecule has 3 N–H and O–H groups in total. The van der Waals surface area contributed by atoms with Crippen LogP contribution in [0.25, 0.3) is 11.1 Å². The van der Waals surface area contributed by atoms with Crippen LogP contribution in [-0.4, -0.2) is 27.0 Å². The van der Waals surface area contributed by atoms with Crippen molar-refractivity contribution in [2.24, 2.45) is 5.73 Å². The summed E-state index contributed by atoms with van der Waals surface area (Å²) in [4.78, 5) is 0. The summed E-state index contributed by atoms with van der Waals surface area (Å²) in [6.07, 6.45) is 5.45. The number of rotatable bonds is 6. The van der Waals surface area contributed by atoms with Crippen molar-refractivity contribution in [1.29, 1.82) is 0 Å². The van der Waals surface area contributed by atoms with E-state index in [4.69, 9.17) is 5.73 Å². The van der Waals surface area contributed by atoms with Gasteiger partial charge in [-0.05, 0) is 25.3 Å². The van der Waals surface area contributed by atoms with Gasteiger partial charge >= 0.3 is 0 Å². The molecular weight excluding hydrogens is 238 g/mol. The van der Waals surface area contributed by atoms with E-state index in [1.807, 2.05) is 35.3 Å². The van der Waals surface area contributed by atoms with Gasteiger partial charge in [0.15, 0.2) is 0 Å². The molecule has 0 aliphatic rings. The van der Waals surface area contributed by atoms with Gasteiger partial charge in [-0.25, -0.2) is 0 Å². The largest absolute Gasteiger partial charge is 0.389 e. The number of aryl methyl sites for hydroxylation is 1. The SMILES string of the molecule is CC(O)(CN)CCCn1cc(-c2ccccc2)cn1. The number of benzene rings is 1. The Hall–Kier alpha value is -1.65. The average molecular weight is 259 g/mol. The first-order valence-corrected chi connectivity index (χ1v) is 6.61. The van der Waals surface area contributed by atoms with Crippen molar-refractivity contribution < 1.29 is 5.11 Å². The van der Waals surface area contributed by atoms with Crippen molar-refractivity contribution in [1.82, 2.24) is 9.78 Å². The van der Waals surface area contributed by atoms with E-state index in [1.54, 1.807) is 6.92 Å². The van der Waals surface area contributed by atoms with Crippen LogP contribution in [0.2, 0.25) is 0 Å². The fourth-order valence-corrected chi connectivity index (χ4v) is 1.99. The molecule has 19 heavy (non-hydrogen) atoms. The molecule has 1 unspecified atom stereocenters. The summed E-state index contributed by atoms with van der Waals surface area (Å²) in [6, 6.07) is 10.2. The molecule has 0 bridgehead atoms. The van der Waals surface area contributed by atoms with Crippen molar-refractivity contribution in [2.75, 3.05) is 6.54 Å². The first-order chi connectivity index (χ1) is 9.11. The van der Waals surface area contributed by atoms with Crippen molar-refractivity contribution in [3.8, 4) is 11.1 Å². The van der Waals surface area contributed by atoms with E-state index in [-0.39, 0.29) is 0 Å². The minimum absolute atomic E-state index is 0.293. The average Bonchev–Trinajstić information content (AvgIpc) is 2.88. The lowest BCUT2D eigenvalue weighted by atomic mass is 10.0. The molecule has 4 heteroatoms. The van der Waals surface area contributed by atoms with Crippen LogP contribution < -0.4 is 5.73 Å². The maximum atomic E-state index is 9.83. The highest BCUT2D eigenvalue weighted by Crippen LogP contribution is 2.18. The Morgan fingerprint density at radius 1 is 1.26 bits per heavy atom. The second kappa shape index (κ2) is 5.99. The lowest BCUT2D eigenvalue weighted by Gasteiger charge is -2.20. The molecule has 0 aliphatic heterocycles. The third-order valence-electron chi connectivity index (χ3n) is 3.28. The minimum Gasteiger partial charge on any atom is -0.389 e. The van der Waals surface area contributed by atoms with Gasteiger partial charge in [-0.3, -0.25) is 4.68 Å². The third-order valence-corrected chi connectivity index (χ3v) is 3.28. The van der Waals surface area contributed by atoms with Crippen molar-refractivity contribution in [3.05, 3.63) is 42.7 Å². The highest BCUT2D eigenvalue weighted by Gasteiger charge is 2.16.